The predicted molar refractivity (Wildman–Crippen MR) is 82.9 cm³/mol. The smallest absolute Gasteiger partial charge is 0.349 e. The van der Waals surface area contributed by atoms with E-state index in [1.165, 1.54) is 0 Å². The summed E-state index contributed by atoms with van der Waals surface area (Å²) < 4.78 is 10.7. The summed E-state index contributed by atoms with van der Waals surface area (Å²) >= 11 is 0. The van der Waals surface area contributed by atoms with Crippen LogP contribution >= 0.6 is 0 Å². The fraction of sp³-hybridized carbons (Fsp3) is 0.222. The van der Waals surface area contributed by atoms with Gasteiger partial charge in [0.05, 0.1) is 11.6 Å². The first-order valence-corrected chi connectivity index (χ1v) is 6.91. The maximum atomic E-state index is 11.9. The average Bonchev–Trinajstić information content (AvgIpc) is 2.50. The molecule has 0 saturated carbocycles. The summed E-state index contributed by atoms with van der Waals surface area (Å²) in [5, 5.41) is 8.72. The Morgan fingerprint density at radius 1 is 1.14 bits per heavy atom. The van der Waals surface area contributed by atoms with Crippen LogP contribution in [-0.4, -0.2) is 12.6 Å². The van der Waals surface area contributed by atoms with E-state index < -0.39 is 5.97 Å². The third kappa shape index (κ3) is 3.86. The molecule has 2 aromatic carbocycles. The topological polar surface area (TPSA) is 59.3 Å². The first kappa shape index (κ1) is 15.6. The number of hydrogen-bond donors (Lipinski definition) is 0. The van der Waals surface area contributed by atoms with Crippen molar-refractivity contribution in [1.82, 2.24) is 0 Å². The Balaban J connectivity index is 1.97. The Labute approximate surface area is 129 Å². The second kappa shape index (κ2) is 6.77. The number of nitrogens with zero attached hydrogens (tertiary/aromatic N) is 1. The lowest BCUT2D eigenvalue weighted by Gasteiger charge is -2.11. The summed E-state index contributed by atoms with van der Waals surface area (Å²) in [5.41, 5.74) is 3.60. The van der Waals surface area contributed by atoms with Crippen molar-refractivity contribution in [1.29, 1.82) is 5.26 Å². The molecule has 4 nitrogen and oxygen atoms in total. The van der Waals surface area contributed by atoms with Crippen molar-refractivity contribution in [3.05, 3.63) is 58.7 Å². The molecular formula is C18H17NO3. The van der Waals surface area contributed by atoms with E-state index in [0.29, 0.717) is 17.1 Å². The van der Waals surface area contributed by atoms with E-state index in [1.807, 2.05) is 39.0 Å². The number of hydrogen-bond acceptors (Lipinski definition) is 4. The van der Waals surface area contributed by atoms with Gasteiger partial charge < -0.3 is 9.47 Å². The van der Waals surface area contributed by atoms with Crippen molar-refractivity contribution in [2.24, 2.45) is 0 Å². The molecule has 2 aromatic rings. The first-order valence-electron chi connectivity index (χ1n) is 6.91. The Kier molecular flexibility index (Phi) is 4.80. The van der Waals surface area contributed by atoms with E-state index in [9.17, 15) is 4.79 Å². The van der Waals surface area contributed by atoms with Gasteiger partial charge in [-0.25, -0.2) is 4.79 Å². The van der Waals surface area contributed by atoms with Crippen molar-refractivity contribution in [3.63, 3.8) is 0 Å². The number of carbonyl (C=O) groups is 1. The summed E-state index contributed by atoms with van der Waals surface area (Å²) in [6, 6.07) is 12.5. The van der Waals surface area contributed by atoms with Crippen LogP contribution in [0.5, 0.6) is 11.5 Å². The lowest BCUT2D eigenvalue weighted by Crippen LogP contribution is -2.18. The minimum atomic E-state index is -0.461. The summed E-state index contributed by atoms with van der Waals surface area (Å²) in [4.78, 5) is 11.9. The lowest BCUT2D eigenvalue weighted by molar-refractivity contribution is -0.136. The molecule has 0 unspecified atom stereocenters. The number of benzene rings is 2. The lowest BCUT2D eigenvalue weighted by atomic mass is 10.1. The van der Waals surface area contributed by atoms with E-state index in [0.717, 1.165) is 16.7 Å². The van der Waals surface area contributed by atoms with E-state index in [-0.39, 0.29) is 6.61 Å². The van der Waals surface area contributed by atoms with Gasteiger partial charge >= 0.3 is 5.97 Å². The molecule has 0 aliphatic carbocycles. The summed E-state index contributed by atoms with van der Waals surface area (Å²) in [7, 11) is 0. The monoisotopic (exact) mass is 295 g/mol. The highest BCUT2D eigenvalue weighted by molar-refractivity contribution is 5.74. The van der Waals surface area contributed by atoms with E-state index in [2.05, 4.69) is 0 Å². The predicted octanol–water partition coefficient (Wildman–Crippen LogP) is 3.47. The maximum Gasteiger partial charge on any atom is 0.349 e. The van der Waals surface area contributed by atoms with Crippen LogP contribution in [0.3, 0.4) is 0 Å². The fourth-order valence-corrected chi connectivity index (χ4v) is 2.03. The number of esters is 1. The van der Waals surface area contributed by atoms with Crippen molar-refractivity contribution in [3.8, 4) is 17.6 Å². The second-order valence-corrected chi connectivity index (χ2v) is 5.10. The molecule has 0 fully saturated rings. The quantitative estimate of drug-likeness (QED) is 0.640. The van der Waals surface area contributed by atoms with Crippen molar-refractivity contribution < 1.29 is 14.3 Å². The molecule has 0 radical (unpaired) electrons. The van der Waals surface area contributed by atoms with E-state index in [1.54, 1.807) is 24.3 Å². The van der Waals surface area contributed by atoms with Gasteiger partial charge in [-0.1, -0.05) is 6.07 Å². The zero-order chi connectivity index (χ0) is 16.1. The molecule has 22 heavy (non-hydrogen) atoms. The minimum absolute atomic E-state index is 0.182. The van der Waals surface area contributed by atoms with Gasteiger partial charge in [0.15, 0.2) is 6.61 Å². The van der Waals surface area contributed by atoms with E-state index in [4.69, 9.17) is 14.7 Å². The molecule has 0 aliphatic heterocycles. The Morgan fingerprint density at radius 2 is 1.82 bits per heavy atom. The Hall–Kier alpha value is -2.80. The summed E-state index contributed by atoms with van der Waals surface area (Å²) in [5.74, 6) is 0.622. The molecule has 0 amide bonds. The van der Waals surface area contributed by atoms with Crippen LogP contribution in [0.1, 0.15) is 22.3 Å². The number of rotatable bonds is 4. The van der Waals surface area contributed by atoms with Crippen LogP contribution in [0.15, 0.2) is 36.4 Å². The molecule has 0 N–H and O–H groups in total. The molecular weight excluding hydrogens is 278 g/mol. The molecule has 0 heterocycles. The van der Waals surface area contributed by atoms with Gasteiger partial charge in [-0.2, -0.15) is 5.26 Å². The van der Waals surface area contributed by atoms with Gasteiger partial charge in [-0.15, -0.1) is 0 Å². The molecule has 0 saturated heterocycles. The van der Waals surface area contributed by atoms with Crippen LogP contribution in [0.4, 0.5) is 0 Å². The number of ether oxygens (including phenoxy) is 2. The summed E-state index contributed by atoms with van der Waals surface area (Å²) in [6.07, 6.45) is 0. The molecule has 4 heteroatoms. The molecule has 0 aliphatic rings. The standard InChI is InChI=1S/C18H17NO3/c1-12-8-13(2)14(3)17(9-12)22-18(20)11-21-16-6-4-15(10-19)5-7-16/h4-9H,11H2,1-3H3. The van der Waals surface area contributed by atoms with E-state index >= 15 is 0 Å². The van der Waals surface area contributed by atoms with Gasteiger partial charge in [0, 0.05) is 0 Å². The fourth-order valence-electron chi connectivity index (χ4n) is 2.03. The van der Waals surface area contributed by atoms with Crippen molar-refractivity contribution >= 4 is 5.97 Å². The summed E-state index contributed by atoms with van der Waals surface area (Å²) in [6.45, 7) is 5.67. The van der Waals surface area contributed by atoms with Crippen LogP contribution < -0.4 is 9.47 Å². The zero-order valence-electron chi connectivity index (χ0n) is 12.8. The Bertz CT molecular complexity index is 727. The third-order valence-corrected chi connectivity index (χ3v) is 3.33. The normalized spacial score (nSPS) is 9.91. The average molecular weight is 295 g/mol. The Morgan fingerprint density at radius 3 is 2.45 bits per heavy atom. The van der Waals surface area contributed by atoms with Crippen molar-refractivity contribution in [2.75, 3.05) is 6.61 Å². The minimum Gasteiger partial charge on any atom is -0.482 e. The number of nitriles is 1. The van der Waals surface area contributed by atoms with Gasteiger partial charge in [0.2, 0.25) is 0 Å². The van der Waals surface area contributed by atoms with Gasteiger partial charge in [-0.05, 0) is 67.8 Å². The van der Waals surface area contributed by atoms with Crippen molar-refractivity contribution in [2.45, 2.75) is 20.8 Å². The molecule has 0 spiro atoms. The van der Waals surface area contributed by atoms with Crippen LogP contribution in [-0.2, 0) is 4.79 Å². The molecule has 2 rings (SSSR count). The SMILES string of the molecule is Cc1cc(C)c(C)c(OC(=O)COc2ccc(C#N)cc2)c1. The largest absolute Gasteiger partial charge is 0.482 e. The number of carbonyl (C=O) groups excluding carboxylic acids is 1. The highest BCUT2D eigenvalue weighted by Gasteiger charge is 2.10. The highest BCUT2D eigenvalue weighted by Crippen LogP contribution is 2.23. The second-order valence-electron chi connectivity index (χ2n) is 5.10. The zero-order valence-corrected chi connectivity index (χ0v) is 12.8. The van der Waals surface area contributed by atoms with Crippen LogP contribution in [0.2, 0.25) is 0 Å². The molecule has 0 bridgehead atoms. The van der Waals surface area contributed by atoms with Gasteiger partial charge in [0.1, 0.15) is 11.5 Å². The number of aryl methyl sites for hydroxylation is 2. The van der Waals surface area contributed by atoms with Crippen LogP contribution in [0, 0.1) is 32.1 Å². The third-order valence-electron chi connectivity index (χ3n) is 3.33. The highest BCUT2D eigenvalue weighted by atomic mass is 16.6. The first-order chi connectivity index (χ1) is 10.5. The maximum absolute atomic E-state index is 11.9. The molecule has 0 aromatic heterocycles. The van der Waals surface area contributed by atoms with Crippen LogP contribution in [0.25, 0.3) is 0 Å². The van der Waals surface area contributed by atoms with Gasteiger partial charge in [0.25, 0.3) is 0 Å². The molecule has 0 atom stereocenters. The van der Waals surface area contributed by atoms with Gasteiger partial charge in [-0.3, -0.25) is 0 Å². The molecule has 112 valence electrons.